The van der Waals surface area contributed by atoms with Crippen molar-refractivity contribution in [3.05, 3.63) is 30.6 Å². The summed E-state index contributed by atoms with van der Waals surface area (Å²) < 4.78 is 5.19. The lowest BCUT2D eigenvalue weighted by atomic mass is 10.1. The van der Waals surface area contributed by atoms with Crippen molar-refractivity contribution < 1.29 is 9.84 Å². The Morgan fingerprint density at radius 1 is 1.22 bits per heavy atom. The molecular formula is C13H17N3O2. The van der Waals surface area contributed by atoms with E-state index in [9.17, 15) is 0 Å². The zero-order chi connectivity index (χ0) is 12.8. The van der Waals surface area contributed by atoms with Gasteiger partial charge < -0.3 is 20.9 Å². The van der Waals surface area contributed by atoms with Crippen LogP contribution in [0.2, 0.25) is 0 Å². The molecule has 0 unspecified atom stereocenters. The van der Waals surface area contributed by atoms with Gasteiger partial charge in [0.05, 0.1) is 19.8 Å². The molecule has 0 amide bonds. The summed E-state index contributed by atoms with van der Waals surface area (Å²) in [6.45, 7) is 1.66. The van der Waals surface area contributed by atoms with Crippen molar-refractivity contribution in [2.75, 3.05) is 37.4 Å². The lowest BCUT2D eigenvalue weighted by molar-refractivity contribution is 0.0992. The van der Waals surface area contributed by atoms with Crippen molar-refractivity contribution in [2.45, 2.75) is 0 Å². The van der Waals surface area contributed by atoms with Crippen LogP contribution in [-0.2, 0) is 4.74 Å². The third kappa shape index (κ3) is 2.88. The number of aliphatic hydroxyl groups is 1. The molecule has 96 valence electrons. The van der Waals surface area contributed by atoms with Crippen LogP contribution in [0.3, 0.4) is 0 Å². The maximum Gasteiger partial charge on any atom is 0.0698 e. The summed E-state index contributed by atoms with van der Waals surface area (Å²) >= 11 is 0. The van der Waals surface area contributed by atoms with Gasteiger partial charge in [-0.15, -0.1) is 0 Å². The summed E-state index contributed by atoms with van der Waals surface area (Å²) in [5, 5.41) is 13.9. The minimum atomic E-state index is 0.0521. The maximum absolute atomic E-state index is 8.59. The monoisotopic (exact) mass is 247 g/mol. The molecule has 5 heteroatoms. The van der Waals surface area contributed by atoms with Crippen molar-refractivity contribution in [1.29, 1.82) is 0 Å². The van der Waals surface area contributed by atoms with Crippen LogP contribution in [0.4, 0.5) is 11.4 Å². The van der Waals surface area contributed by atoms with Gasteiger partial charge in [-0.1, -0.05) is 0 Å². The number of benzene rings is 1. The van der Waals surface area contributed by atoms with Gasteiger partial charge in [-0.05, 0) is 18.2 Å². The molecule has 1 aromatic heterocycles. The molecule has 2 rings (SSSR count). The van der Waals surface area contributed by atoms with E-state index in [-0.39, 0.29) is 6.61 Å². The third-order valence-electron chi connectivity index (χ3n) is 2.65. The maximum atomic E-state index is 8.59. The molecule has 0 aliphatic rings. The molecule has 18 heavy (non-hydrogen) atoms. The highest BCUT2D eigenvalue weighted by atomic mass is 16.5. The number of fused-ring (bicyclic) bond motifs is 1. The summed E-state index contributed by atoms with van der Waals surface area (Å²) in [6, 6.07) is 5.74. The topological polar surface area (TPSA) is 80.4 Å². The van der Waals surface area contributed by atoms with E-state index in [0.29, 0.717) is 19.8 Å². The molecular weight excluding hydrogens is 230 g/mol. The number of nitrogen functional groups attached to an aromatic ring is 1. The zero-order valence-corrected chi connectivity index (χ0v) is 10.1. The molecule has 0 radical (unpaired) electrons. The number of hydrogen-bond acceptors (Lipinski definition) is 5. The van der Waals surface area contributed by atoms with Gasteiger partial charge in [0.15, 0.2) is 0 Å². The second kappa shape index (κ2) is 6.18. The second-order valence-electron chi connectivity index (χ2n) is 3.89. The predicted molar refractivity (Wildman–Crippen MR) is 72.5 cm³/mol. The van der Waals surface area contributed by atoms with Crippen molar-refractivity contribution in [3.63, 3.8) is 0 Å². The average Bonchev–Trinajstić information content (AvgIpc) is 2.41. The molecule has 0 aliphatic heterocycles. The number of nitrogens with zero attached hydrogens (tertiary/aromatic N) is 1. The first kappa shape index (κ1) is 12.6. The van der Waals surface area contributed by atoms with Crippen LogP contribution >= 0.6 is 0 Å². The Labute approximate surface area is 106 Å². The largest absolute Gasteiger partial charge is 0.398 e. The summed E-state index contributed by atoms with van der Waals surface area (Å²) in [7, 11) is 0. The Morgan fingerprint density at radius 2 is 2.11 bits per heavy atom. The van der Waals surface area contributed by atoms with Crippen molar-refractivity contribution in [3.8, 4) is 0 Å². The van der Waals surface area contributed by atoms with E-state index in [1.165, 1.54) is 0 Å². The van der Waals surface area contributed by atoms with Crippen LogP contribution in [0.15, 0.2) is 30.6 Å². The molecule has 0 spiro atoms. The third-order valence-corrected chi connectivity index (χ3v) is 2.65. The normalized spacial score (nSPS) is 10.7. The number of rotatable bonds is 6. The Bertz CT molecular complexity index is 517. The number of hydrogen-bond donors (Lipinski definition) is 3. The Balaban J connectivity index is 2.07. The first-order valence-corrected chi connectivity index (χ1v) is 5.87. The van der Waals surface area contributed by atoms with Gasteiger partial charge in [0.2, 0.25) is 0 Å². The van der Waals surface area contributed by atoms with E-state index in [1.54, 1.807) is 12.4 Å². The van der Waals surface area contributed by atoms with E-state index in [1.807, 2.05) is 18.2 Å². The molecule has 2 aromatic rings. The number of aromatic nitrogens is 1. The van der Waals surface area contributed by atoms with Crippen LogP contribution in [-0.4, -0.2) is 36.5 Å². The predicted octanol–water partition coefficient (Wildman–Crippen LogP) is 1.24. The summed E-state index contributed by atoms with van der Waals surface area (Å²) in [5.74, 6) is 0. The first-order chi connectivity index (χ1) is 8.83. The number of anilines is 2. The lowest BCUT2D eigenvalue weighted by Crippen LogP contribution is -2.11. The van der Waals surface area contributed by atoms with Crippen molar-refractivity contribution in [1.82, 2.24) is 4.98 Å². The molecule has 5 nitrogen and oxygen atoms in total. The number of nitrogens with two attached hydrogens (primary N) is 1. The Morgan fingerprint density at radius 3 is 2.94 bits per heavy atom. The van der Waals surface area contributed by atoms with Crippen molar-refractivity contribution in [2.24, 2.45) is 0 Å². The van der Waals surface area contributed by atoms with Gasteiger partial charge >= 0.3 is 0 Å². The fraction of sp³-hybridized carbons (Fsp3) is 0.308. The van der Waals surface area contributed by atoms with Crippen LogP contribution in [0.25, 0.3) is 10.8 Å². The first-order valence-electron chi connectivity index (χ1n) is 5.87. The van der Waals surface area contributed by atoms with Gasteiger partial charge in [-0.3, -0.25) is 4.98 Å². The van der Waals surface area contributed by atoms with E-state index < -0.39 is 0 Å². The van der Waals surface area contributed by atoms with E-state index in [0.717, 1.165) is 22.1 Å². The summed E-state index contributed by atoms with van der Waals surface area (Å²) in [4.78, 5) is 4.08. The highest BCUT2D eigenvalue weighted by Gasteiger charge is 2.03. The zero-order valence-electron chi connectivity index (χ0n) is 10.1. The van der Waals surface area contributed by atoms with Crippen LogP contribution in [0.1, 0.15) is 0 Å². The molecule has 0 bridgehead atoms. The highest BCUT2D eigenvalue weighted by molar-refractivity contribution is 6.00. The average molecular weight is 247 g/mol. The fourth-order valence-electron chi connectivity index (χ4n) is 1.79. The van der Waals surface area contributed by atoms with Gasteiger partial charge in [0.25, 0.3) is 0 Å². The molecule has 0 saturated carbocycles. The van der Waals surface area contributed by atoms with Crippen molar-refractivity contribution >= 4 is 22.1 Å². The van der Waals surface area contributed by atoms with Gasteiger partial charge in [0, 0.05) is 41.1 Å². The molecule has 1 aromatic carbocycles. The van der Waals surface area contributed by atoms with Gasteiger partial charge in [0.1, 0.15) is 0 Å². The Hall–Kier alpha value is -1.85. The fourth-order valence-corrected chi connectivity index (χ4v) is 1.79. The number of pyridine rings is 1. The smallest absolute Gasteiger partial charge is 0.0698 e. The molecule has 4 N–H and O–H groups in total. The molecule has 0 atom stereocenters. The van der Waals surface area contributed by atoms with E-state index in [4.69, 9.17) is 15.6 Å². The van der Waals surface area contributed by atoms with Gasteiger partial charge in [-0.25, -0.2) is 0 Å². The van der Waals surface area contributed by atoms with E-state index >= 15 is 0 Å². The standard InChI is InChI=1S/C13H17N3O2/c14-12-1-2-13(16-5-7-18-8-6-17)10-3-4-15-9-11(10)12/h1-4,9,16-17H,5-8,14H2. The summed E-state index contributed by atoms with van der Waals surface area (Å²) in [5.41, 5.74) is 7.63. The lowest BCUT2D eigenvalue weighted by Gasteiger charge is -2.11. The van der Waals surface area contributed by atoms with Crippen LogP contribution in [0, 0.1) is 0 Å². The quantitative estimate of drug-likeness (QED) is 0.528. The second-order valence-corrected chi connectivity index (χ2v) is 3.89. The van der Waals surface area contributed by atoms with Crippen LogP contribution in [0.5, 0.6) is 0 Å². The SMILES string of the molecule is Nc1ccc(NCCOCCO)c2ccncc12. The van der Waals surface area contributed by atoms with E-state index in [2.05, 4.69) is 10.3 Å². The van der Waals surface area contributed by atoms with Gasteiger partial charge in [-0.2, -0.15) is 0 Å². The Kier molecular flexibility index (Phi) is 4.33. The number of aliphatic hydroxyl groups excluding tert-OH is 1. The minimum Gasteiger partial charge on any atom is -0.398 e. The molecule has 1 heterocycles. The molecule has 0 fully saturated rings. The minimum absolute atomic E-state index is 0.0521. The number of nitrogens with one attached hydrogen (secondary N) is 1. The van der Waals surface area contributed by atoms with Crippen LogP contribution < -0.4 is 11.1 Å². The highest BCUT2D eigenvalue weighted by Crippen LogP contribution is 2.27. The number of ether oxygens (including phenoxy) is 1. The molecule has 0 saturated heterocycles. The molecule has 0 aliphatic carbocycles. The summed E-state index contributed by atoms with van der Waals surface area (Å²) in [6.07, 6.45) is 3.51.